The van der Waals surface area contributed by atoms with Crippen molar-refractivity contribution in [3.8, 4) is 0 Å². The molecule has 0 aromatic rings. The summed E-state index contributed by atoms with van der Waals surface area (Å²) in [5.41, 5.74) is 0. The van der Waals surface area contributed by atoms with Crippen molar-refractivity contribution in [1.29, 1.82) is 0 Å². The lowest BCUT2D eigenvalue weighted by molar-refractivity contribution is -0.117. The number of carbonyl (C=O) groups is 1. The van der Waals surface area contributed by atoms with Crippen molar-refractivity contribution >= 4 is 5.78 Å². The van der Waals surface area contributed by atoms with Crippen molar-refractivity contribution < 1.29 is 4.79 Å². The van der Waals surface area contributed by atoms with E-state index in [0.29, 0.717) is 5.78 Å². The Morgan fingerprint density at radius 1 is 1.25 bits per heavy atom. The summed E-state index contributed by atoms with van der Waals surface area (Å²) in [5.74, 6) is 1.05. The normalized spacial score (nSPS) is 20.9. The van der Waals surface area contributed by atoms with Crippen molar-refractivity contribution in [2.75, 3.05) is 39.8 Å². The van der Waals surface area contributed by atoms with E-state index in [9.17, 15) is 4.79 Å². The molecule has 0 spiro atoms. The molecule has 0 bridgehead atoms. The van der Waals surface area contributed by atoms with Crippen molar-refractivity contribution in [2.24, 2.45) is 5.92 Å². The van der Waals surface area contributed by atoms with Crippen LogP contribution in [0, 0.1) is 5.92 Å². The van der Waals surface area contributed by atoms with Gasteiger partial charge in [0.1, 0.15) is 5.78 Å². The number of carbonyl (C=O) groups excluding carboxylic acids is 1. The highest BCUT2D eigenvalue weighted by molar-refractivity contribution is 5.75. The number of nitrogens with zero attached hydrogens (tertiary/aromatic N) is 2. The van der Waals surface area contributed by atoms with E-state index in [4.69, 9.17) is 0 Å². The van der Waals surface area contributed by atoms with Crippen LogP contribution >= 0.6 is 0 Å². The van der Waals surface area contributed by atoms with Crippen LogP contribution in [0.5, 0.6) is 0 Å². The summed E-state index contributed by atoms with van der Waals surface area (Å²) in [4.78, 5) is 15.8. The molecule has 0 unspecified atom stereocenters. The predicted octanol–water partition coefficient (Wildman–Crippen LogP) is 1.63. The fourth-order valence-electron chi connectivity index (χ4n) is 2.26. The molecule has 1 aliphatic heterocycles. The Morgan fingerprint density at radius 2 is 1.88 bits per heavy atom. The molecule has 0 saturated carbocycles. The average molecular weight is 226 g/mol. The molecule has 0 amide bonds. The largest absolute Gasteiger partial charge is 0.304 e. The van der Waals surface area contributed by atoms with Gasteiger partial charge in [-0.2, -0.15) is 0 Å². The van der Waals surface area contributed by atoms with Gasteiger partial charge in [0.2, 0.25) is 0 Å². The fourth-order valence-corrected chi connectivity index (χ4v) is 2.26. The third-order valence-corrected chi connectivity index (χ3v) is 3.39. The Morgan fingerprint density at radius 3 is 2.44 bits per heavy atom. The zero-order chi connectivity index (χ0) is 12.0. The van der Waals surface area contributed by atoms with Gasteiger partial charge >= 0.3 is 0 Å². The Kier molecular flexibility index (Phi) is 5.99. The molecular weight excluding hydrogens is 200 g/mol. The van der Waals surface area contributed by atoms with Crippen LogP contribution in [0.3, 0.4) is 0 Å². The predicted molar refractivity (Wildman–Crippen MR) is 67.6 cm³/mol. The maximum absolute atomic E-state index is 10.8. The van der Waals surface area contributed by atoms with Crippen molar-refractivity contribution in [1.82, 2.24) is 9.80 Å². The number of likely N-dealkylation sites (N-methyl/N-ethyl adjacent to an activating group) is 1. The lowest BCUT2D eigenvalue weighted by Gasteiger charge is -2.33. The van der Waals surface area contributed by atoms with E-state index >= 15 is 0 Å². The Balaban J connectivity index is 2.09. The number of piperazine rings is 1. The minimum atomic E-state index is 0.326. The third-order valence-electron chi connectivity index (χ3n) is 3.39. The first-order chi connectivity index (χ1) is 7.58. The molecule has 1 atom stereocenters. The van der Waals surface area contributed by atoms with Crippen LogP contribution in [0.2, 0.25) is 0 Å². The van der Waals surface area contributed by atoms with Gasteiger partial charge in [-0.1, -0.05) is 6.92 Å². The molecule has 94 valence electrons. The molecule has 1 heterocycles. The highest BCUT2D eigenvalue weighted by Crippen LogP contribution is 2.11. The molecule has 3 heteroatoms. The summed E-state index contributed by atoms with van der Waals surface area (Å²) >= 11 is 0. The lowest BCUT2D eigenvalue weighted by Crippen LogP contribution is -2.45. The number of rotatable bonds is 6. The van der Waals surface area contributed by atoms with Gasteiger partial charge in [-0.25, -0.2) is 0 Å². The van der Waals surface area contributed by atoms with Gasteiger partial charge in [-0.15, -0.1) is 0 Å². The summed E-state index contributed by atoms with van der Waals surface area (Å²) in [6.45, 7) is 9.98. The summed E-state index contributed by atoms with van der Waals surface area (Å²) in [6.07, 6.45) is 3.00. The van der Waals surface area contributed by atoms with E-state index in [1.165, 1.54) is 39.1 Å². The van der Waals surface area contributed by atoms with Crippen molar-refractivity contribution in [3.05, 3.63) is 0 Å². The second-order valence-corrected chi connectivity index (χ2v) is 5.30. The standard InChI is InChI=1S/C13H26N2O/c1-12(5-4-6-13(2)16)11-15-9-7-14(3)8-10-15/h12H,4-11H2,1-3H3/t12-/m1/s1. The number of hydrogen-bond donors (Lipinski definition) is 0. The van der Waals surface area contributed by atoms with Gasteiger partial charge in [0.25, 0.3) is 0 Å². The first kappa shape index (κ1) is 13.7. The SMILES string of the molecule is CC(=O)CCC[C@@H](C)CN1CCN(C)CC1. The van der Waals surface area contributed by atoms with E-state index in [2.05, 4.69) is 23.8 Å². The first-order valence-electron chi connectivity index (χ1n) is 6.48. The van der Waals surface area contributed by atoms with Gasteiger partial charge in [-0.05, 0) is 32.7 Å². The fraction of sp³-hybridized carbons (Fsp3) is 0.923. The van der Waals surface area contributed by atoms with Crippen LogP contribution in [0.15, 0.2) is 0 Å². The molecular formula is C13H26N2O. The first-order valence-corrected chi connectivity index (χ1v) is 6.48. The van der Waals surface area contributed by atoms with Crippen LogP contribution in [-0.4, -0.2) is 55.4 Å². The Labute approximate surface area is 99.8 Å². The average Bonchev–Trinajstić information content (AvgIpc) is 2.21. The van der Waals surface area contributed by atoms with E-state index in [-0.39, 0.29) is 0 Å². The van der Waals surface area contributed by atoms with E-state index < -0.39 is 0 Å². The summed E-state index contributed by atoms with van der Waals surface area (Å²) in [6, 6.07) is 0. The van der Waals surface area contributed by atoms with Gasteiger partial charge < -0.3 is 14.6 Å². The van der Waals surface area contributed by atoms with E-state index in [0.717, 1.165) is 18.8 Å². The molecule has 3 nitrogen and oxygen atoms in total. The maximum Gasteiger partial charge on any atom is 0.129 e. The molecule has 1 saturated heterocycles. The summed E-state index contributed by atoms with van der Waals surface area (Å²) in [7, 11) is 2.19. The Hall–Kier alpha value is -0.410. The maximum atomic E-state index is 10.8. The van der Waals surface area contributed by atoms with Crippen LogP contribution in [0.1, 0.15) is 33.1 Å². The molecule has 16 heavy (non-hydrogen) atoms. The van der Waals surface area contributed by atoms with Crippen molar-refractivity contribution in [2.45, 2.75) is 33.1 Å². The second kappa shape index (κ2) is 7.02. The molecule has 0 aromatic heterocycles. The smallest absolute Gasteiger partial charge is 0.129 e. The number of ketones is 1. The zero-order valence-corrected chi connectivity index (χ0v) is 11.0. The second-order valence-electron chi connectivity index (χ2n) is 5.30. The molecule has 1 rings (SSSR count). The molecule has 0 N–H and O–H groups in total. The van der Waals surface area contributed by atoms with E-state index in [1.807, 2.05) is 0 Å². The summed E-state index contributed by atoms with van der Waals surface area (Å²) in [5, 5.41) is 0. The van der Waals surface area contributed by atoms with Gasteiger partial charge in [0, 0.05) is 39.1 Å². The minimum Gasteiger partial charge on any atom is -0.304 e. The van der Waals surface area contributed by atoms with Crippen LogP contribution in [-0.2, 0) is 4.79 Å². The highest BCUT2D eigenvalue weighted by Gasteiger charge is 2.15. The molecule has 1 fully saturated rings. The highest BCUT2D eigenvalue weighted by atomic mass is 16.1. The molecule has 0 radical (unpaired) electrons. The van der Waals surface area contributed by atoms with Crippen LogP contribution in [0.4, 0.5) is 0 Å². The third kappa shape index (κ3) is 5.61. The van der Waals surface area contributed by atoms with Gasteiger partial charge in [0.05, 0.1) is 0 Å². The number of hydrogen-bond acceptors (Lipinski definition) is 3. The monoisotopic (exact) mass is 226 g/mol. The molecule has 1 aliphatic rings. The van der Waals surface area contributed by atoms with Crippen molar-refractivity contribution in [3.63, 3.8) is 0 Å². The Bertz CT molecular complexity index is 210. The van der Waals surface area contributed by atoms with Gasteiger partial charge in [0.15, 0.2) is 0 Å². The van der Waals surface area contributed by atoms with Crippen LogP contribution < -0.4 is 0 Å². The number of Topliss-reactive ketones (excluding diaryl/α,β-unsaturated/α-hetero) is 1. The molecule has 0 aliphatic carbocycles. The lowest BCUT2D eigenvalue weighted by atomic mass is 10.0. The minimum absolute atomic E-state index is 0.326. The zero-order valence-electron chi connectivity index (χ0n) is 11.0. The summed E-state index contributed by atoms with van der Waals surface area (Å²) < 4.78 is 0. The van der Waals surface area contributed by atoms with E-state index in [1.54, 1.807) is 6.92 Å². The topological polar surface area (TPSA) is 23.6 Å². The van der Waals surface area contributed by atoms with Crippen LogP contribution in [0.25, 0.3) is 0 Å². The molecule has 0 aromatic carbocycles. The van der Waals surface area contributed by atoms with Gasteiger partial charge in [-0.3, -0.25) is 0 Å². The quantitative estimate of drug-likeness (QED) is 0.688.